The van der Waals surface area contributed by atoms with E-state index in [0.717, 1.165) is 0 Å². The van der Waals surface area contributed by atoms with Crippen molar-refractivity contribution in [2.45, 2.75) is 6.54 Å². The van der Waals surface area contributed by atoms with Crippen LogP contribution < -0.4 is 5.56 Å². The van der Waals surface area contributed by atoms with E-state index in [1.165, 1.54) is 29.0 Å². The first-order valence-corrected chi connectivity index (χ1v) is 3.61. The Kier molecular flexibility index (Phi) is 2.59. The maximum absolute atomic E-state index is 11.1. The second-order valence-electron chi connectivity index (χ2n) is 2.42. The van der Waals surface area contributed by atoms with E-state index in [2.05, 4.69) is 6.58 Å². The van der Waals surface area contributed by atoms with E-state index >= 15 is 0 Å². The van der Waals surface area contributed by atoms with Crippen LogP contribution in [0, 0.1) is 10.1 Å². The molecule has 0 N–H and O–H groups in total. The molecule has 1 aromatic rings. The van der Waals surface area contributed by atoms with E-state index in [0.29, 0.717) is 0 Å². The highest BCUT2D eigenvalue weighted by atomic mass is 16.6. The second kappa shape index (κ2) is 3.66. The molecular weight excluding hydrogens is 172 g/mol. The molecule has 0 aliphatic heterocycles. The van der Waals surface area contributed by atoms with Gasteiger partial charge in [0.1, 0.15) is 0 Å². The second-order valence-corrected chi connectivity index (χ2v) is 2.42. The van der Waals surface area contributed by atoms with E-state index in [-0.39, 0.29) is 17.8 Å². The molecule has 13 heavy (non-hydrogen) atoms. The van der Waals surface area contributed by atoms with Crippen LogP contribution in [-0.2, 0) is 6.54 Å². The summed E-state index contributed by atoms with van der Waals surface area (Å²) in [5, 5.41) is 10.3. The fourth-order valence-corrected chi connectivity index (χ4v) is 0.908. The van der Waals surface area contributed by atoms with Crippen LogP contribution in [0.25, 0.3) is 0 Å². The van der Waals surface area contributed by atoms with Gasteiger partial charge >= 0.3 is 0 Å². The zero-order chi connectivity index (χ0) is 9.84. The van der Waals surface area contributed by atoms with E-state index in [1.54, 1.807) is 0 Å². The highest BCUT2D eigenvalue weighted by Gasteiger charge is 2.05. The molecule has 0 aliphatic carbocycles. The fourth-order valence-electron chi connectivity index (χ4n) is 0.908. The number of rotatable bonds is 3. The van der Waals surface area contributed by atoms with Gasteiger partial charge in [-0.1, -0.05) is 6.08 Å². The van der Waals surface area contributed by atoms with Gasteiger partial charge in [-0.2, -0.15) is 0 Å². The lowest BCUT2D eigenvalue weighted by atomic mass is 10.4. The molecule has 5 nitrogen and oxygen atoms in total. The molecule has 0 bridgehead atoms. The summed E-state index contributed by atoms with van der Waals surface area (Å²) in [7, 11) is 0. The Bertz CT molecular complexity index is 395. The molecule has 0 aliphatic rings. The normalized spacial score (nSPS) is 9.54. The molecule has 1 aromatic heterocycles. The molecular formula is C8H8N2O3. The van der Waals surface area contributed by atoms with E-state index in [9.17, 15) is 14.9 Å². The highest BCUT2D eigenvalue weighted by Crippen LogP contribution is 2.05. The van der Waals surface area contributed by atoms with Crippen molar-refractivity contribution >= 4 is 5.69 Å². The molecule has 1 heterocycles. The van der Waals surface area contributed by atoms with E-state index in [1.807, 2.05) is 0 Å². The molecule has 5 heteroatoms. The van der Waals surface area contributed by atoms with Crippen molar-refractivity contribution in [2.75, 3.05) is 0 Å². The minimum atomic E-state index is -0.543. The van der Waals surface area contributed by atoms with Crippen LogP contribution in [0.15, 0.2) is 35.8 Å². The summed E-state index contributed by atoms with van der Waals surface area (Å²) >= 11 is 0. The minimum Gasteiger partial charge on any atom is -0.305 e. The molecule has 0 saturated heterocycles. The molecule has 0 spiro atoms. The number of allylic oxidation sites excluding steroid dienone is 1. The third-order valence-corrected chi connectivity index (χ3v) is 1.50. The summed E-state index contributed by atoms with van der Waals surface area (Å²) in [4.78, 5) is 20.9. The predicted molar refractivity (Wildman–Crippen MR) is 47.6 cm³/mol. The molecule has 0 unspecified atom stereocenters. The van der Waals surface area contributed by atoms with Crippen LogP contribution in [-0.4, -0.2) is 9.49 Å². The monoisotopic (exact) mass is 180 g/mol. The standard InChI is InChI=1S/C8H8N2O3/c1-2-5-9-6-7(10(12)13)3-4-8(9)11/h2-4,6H,1,5H2. The third-order valence-electron chi connectivity index (χ3n) is 1.50. The van der Waals surface area contributed by atoms with Gasteiger partial charge in [0.05, 0.1) is 11.1 Å². The molecule has 0 fully saturated rings. The Morgan fingerprint density at radius 2 is 2.31 bits per heavy atom. The van der Waals surface area contributed by atoms with Gasteiger partial charge in [-0.25, -0.2) is 0 Å². The smallest absolute Gasteiger partial charge is 0.285 e. The number of nitro groups is 1. The summed E-state index contributed by atoms with van der Waals surface area (Å²) in [6.45, 7) is 3.72. The summed E-state index contributed by atoms with van der Waals surface area (Å²) in [5.41, 5.74) is -0.369. The van der Waals surface area contributed by atoms with Crippen LogP contribution in [0.5, 0.6) is 0 Å². The first-order chi connectivity index (χ1) is 6.15. The van der Waals surface area contributed by atoms with Crippen molar-refractivity contribution in [3.05, 3.63) is 51.5 Å². The summed E-state index contributed by atoms with van der Waals surface area (Å²) in [5.74, 6) is 0. The first-order valence-electron chi connectivity index (χ1n) is 3.61. The zero-order valence-corrected chi connectivity index (χ0v) is 6.84. The number of hydrogen-bond acceptors (Lipinski definition) is 3. The van der Waals surface area contributed by atoms with Gasteiger partial charge in [0, 0.05) is 18.7 Å². The average Bonchev–Trinajstić information content (AvgIpc) is 2.08. The van der Waals surface area contributed by atoms with Gasteiger partial charge in [0.25, 0.3) is 11.2 Å². The Balaban J connectivity index is 3.18. The van der Waals surface area contributed by atoms with Gasteiger partial charge in [-0.3, -0.25) is 14.9 Å². The Hall–Kier alpha value is -1.91. The van der Waals surface area contributed by atoms with Crippen LogP contribution in [0.4, 0.5) is 5.69 Å². The van der Waals surface area contributed by atoms with Gasteiger partial charge in [-0.05, 0) is 0 Å². The van der Waals surface area contributed by atoms with Crippen LogP contribution in [0.1, 0.15) is 0 Å². The zero-order valence-electron chi connectivity index (χ0n) is 6.84. The fraction of sp³-hybridized carbons (Fsp3) is 0.125. The van der Waals surface area contributed by atoms with Crippen molar-refractivity contribution in [3.8, 4) is 0 Å². The third kappa shape index (κ3) is 2.02. The van der Waals surface area contributed by atoms with Crippen molar-refractivity contribution < 1.29 is 4.92 Å². The van der Waals surface area contributed by atoms with Crippen molar-refractivity contribution in [3.63, 3.8) is 0 Å². The quantitative estimate of drug-likeness (QED) is 0.395. The lowest BCUT2D eigenvalue weighted by Gasteiger charge is -1.99. The molecule has 0 saturated carbocycles. The molecule has 0 aromatic carbocycles. The van der Waals surface area contributed by atoms with Gasteiger partial charge < -0.3 is 4.57 Å². The summed E-state index contributed by atoms with van der Waals surface area (Å²) < 4.78 is 1.23. The topological polar surface area (TPSA) is 65.1 Å². The van der Waals surface area contributed by atoms with Crippen molar-refractivity contribution in [2.24, 2.45) is 0 Å². The summed E-state index contributed by atoms with van der Waals surface area (Å²) in [6, 6.07) is 2.35. The van der Waals surface area contributed by atoms with Crippen molar-refractivity contribution in [1.82, 2.24) is 4.57 Å². The predicted octanol–water partition coefficient (Wildman–Crippen LogP) is 0.942. The van der Waals surface area contributed by atoms with Crippen LogP contribution in [0.2, 0.25) is 0 Å². The largest absolute Gasteiger partial charge is 0.305 e. The van der Waals surface area contributed by atoms with Crippen LogP contribution in [0.3, 0.4) is 0 Å². The lowest BCUT2D eigenvalue weighted by Crippen LogP contribution is -2.17. The van der Waals surface area contributed by atoms with E-state index < -0.39 is 4.92 Å². The molecule has 0 amide bonds. The van der Waals surface area contributed by atoms with E-state index in [4.69, 9.17) is 0 Å². The summed E-state index contributed by atoms with van der Waals surface area (Å²) in [6.07, 6.45) is 2.70. The average molecular weight is 180 g/mol. The van der Waals surface area contributed by atoms with Gasteiger partial charge in [-0.15, -0.1) is 6.58 Å². The van der Waals surface area contributed by atoms with Crippen LogP contribution >= 0.6 is 0 Å². The number of nitrogens with zero attached hydrogens (tertiary/aromatic N) is 2. The first kappa shape index (κ1) is 9.18. The lowest BCUT2D eigenvalue weighted by molar-refractivity contribution is -0.385. The maximum Gasteiger partial charge on any atom is 0.285 e. The molecule has 1 rings (SSSR count). The molecule has 0 atom stereocenters. The Morgan fingerprint density at radius 3 is 2.85 bits per heavy atom. The van der Waals surface area contributed by atoms with Gasteiger partial charge in [0.2, 0.25) is 0 Å². The van der Waals surface area contributed by atoms with Crippen molar-refractivity contribution in [1.29, 1.82) is 0 Å². The Labute approximate surface area is 74.1 Å². The molecule has 0 radical (unpaired) electrons. The maximum atomic E-state index is 11.1. The SMILES string of the molecule is C=CCn1cc([N+](=O)[O-])ccc1=O. The number of hydrogen-bond donors (Lipinski definition) is 0. The highest BCUT2D eigenvalue weighted by molar-refractivity contribution is 5.24. The van der Waals surface area contributed by atoms with Gasteiger partial charge in [0.15, 0.2) is 0 Å². The number of aromatic nitrogens is 1. The Morgan fingerprint density at radius 1 is 1.62 bits per heavy atom. The minimum absolute atomic E-state index is 0.0959. The number of pyridine rings is 1. The molecule has 68 valence electrons.